The Bertz CT molecular complexity index is 319. The molecule has 74 valence electrons. The smallest absolute Gasteiger partial charge is 0.0574 e. The van der Waals surface area contributed by atoms with E-state index in [0.717, 1.165) is 18.3 Å². The summed E-state index contributed by atoms with van der Waals surface area (Å²) < 4.78 is 0. The molecule has 2 fully saturated rings. The van der Waals surface area contributed by atoms with Crippen molar-refractivity contribution in [2.75, 3.05) is 0 Å². The molecule has 0 bridgehead atoms. The third-order valence-electron chi connectivity index (χ3n) is 3.95. The molecule has 3 rings (SSSR count). The molecular weight excluding hydrogens is 172 g/mol. The molecule has 1 aromatic rings. The Kier molecular flexibility index (Phi) is 1.88. The van der Waals surface area contributed by atoms with Crippen LogP contribution in [0.15, 0.2) is 30.3 Å². The fourth-order valence-electron chi connectivity index (χ4n) is 3.18. The minimum atomic E-state index is 0.00807. The van der Waals surface area contributed by atoms with Gasteiger partial charge >= 0.3 is 0 Å². The molecule has 0 spiro atoms. The number of fused-ring (bicyclic) bond motifs is 1. The molecule has 1 nitrogen and oxygen atoms in total. The van der Waals surface area contributed by atoms with Crippen molar-refractivity contribution >= 4 is 0 Å². The van der Waals surface area contributed by atoms with Gasteiger partial charge in [0.1, 0.15) is 0 Å². The van der Waals surface area contributed by atoms with Crippen LogP contribution in [-0.4, -0.2) is 11.2 Å². The fourth-order valence-corrected chi connectivity index (χ4v) is 3.18. The second kappa shape index (κ2) is 3.09. The molecule has 1 heteroatoms. The van der Waals surface area contributed by atoms with Crippen LogP contribution in [0.25, 0.3) is 0 Å². The van der Waals surface area contributed by atoms with Crippen molar-refractivity contribution in [3.05, 3.63) is 35.9 Å². The monoisotopic (exact) mass is 188 g/mol. The molecule has 2 saturated carbocycles. The molecule has 1 aromatic carbocycles. The lowest BCUT2D eigenvalue weighted by molar-refractivity contribution is 0.150. The first-order chi connectivity index (χ1) is 6.86. The molecule has 0 saturated heterocycles. The molecule has 1 N–H and O–H groups in total. The highest BCUT2D eigenvalue weighted by Gasteiger charge is 2.56. The Balaban J connectivity index is 1.66. The van der Waals surface area contributed by atoms with Gasteiger partial charge in [-0.25, -0.2) is 0 Å². The minimum Gasteiger partial charge on any atom is -0.393 e. The highest BCUT2D eigenvalue weighted by Crippen LogP contribution is 2.58. The molecule has 0 aliphatic heterocycles. The molecule has 0 radical (unpaired) electrons. The van der Waals surface area contributed by atoms with Gasteiger partial charge in [-0.2, -0.15) is 0 Å². The lowest BCUT2D eigenvalue weighted by Crippen LogP contribution is -2.08. The zero-order valence-corrected chi connectivity index (χ0v) is 8.26. The maximum atomic E-state index is 9.69. The first kappa shape index (κ1) is 8.49. The molecule has 4 atom stereocenters. The van der Waals surface area contributed by atoms with E-state index in [9.17, 15) is 5.11 Å². The highest BCUT2D eigenvalue weighted by molar-refractivity contribution is 5.19. The zero-order valence-electron chi connectivity index (χ0n) is 8.26. The van der Waals surface area contributed by atoms with Crippen molar-refractivity contribution in [2.45, 2.75) is 25.4 Å². The van der Waals surface area contributed by atoms with Crippen LogP contribution in [0, 0.1) is 17.8 Å². The summed E-state index contributed by atoms with van der Waals surface area (Å²) in [6.45, 7) is 0. The van der Waals surface area contributed by atoms with E-state index < -0.39 is 0 Å². The number of rotatable bonds is 2. The van der Waals surface area contributed by atoms with Crippen LogP contribution in [0.3, 0.4) is 0 Å². The summed E-state index contributed by atoms with van der Waals surface area (Å²) in [5.74, 6) is 2.25. The summed E-state index contributed by atoms with van der Waals surface area (Å²) in [5, 5.41) is 9.69. The second-order valence-electron chi connectivity index (χ2n) is 4.74. The van der Waals surface area contributed by atoms with Crippen LogP contribution in [0.4, 0.5) is 0 Å². The fraction of sp³-hybridized carbons (Fsp3) is 0.538. The van der Waals surface area contributed by atoms with Gasteiger partial charge < -0.3 is 5.11 Å². The first-order valence-electron chi connectivity index (χ1n) is 5.58. The third-order valence-corrected chi connectivity index (χ3v) is 3.95. The maximum absolute atomic E-state index is 9.69. The van der Waals surface area contributed by atoms with E-state index in [4.69, 9.17) is 0 Å². The molecule has 0 heterocycles. The van der Waals surface area contributed by atoms with Crippen molar-refractivity contribution in [1.29, 1.82) is 0 Å². The van der Waals surface area contributed by atoms with E-state index in [-0.39, 0.29) is 6.10 Å². The van der Waals surface area contributed by atoms with E-state index in [1.54, 1.807) is 0 Å². The summed E-state index contributed by atoms with van der Waals surface area (Å²) in [7, 11) is 0. The van der Waals surface area contributed by atoms with Gasteiger partial charge in [0.2, 0.25) is 0 Å². The van der Waals surface area contributed by atoms with E-state index in [1.807, 2.05) is 0 Å². The number of aliphatic hydroxyl groups excluding tert-OH is 1. The van der Waals surface area contributed by atoms with E-state index in [1.165, 1.54) is 18.4 Å². The SMILES string of the molecule is OC1CC[C@H]2[C@H](Cc3ccccc3)[C@@H]12. The normalized spacial score (nSPS) is 39.5. The van der Waals surface area contributed by atoms with Crippen LogP contribution in [0.2, 0.25) is 0 Å². The zero-order chi connectivity index (χ0) is 9.54. The number of hydrogen-bond donors (Lipinski definition) is 1. The molecule has 0 amide bonds. The average Bonchev–Trinajstić information content (AvgIpc) is 2.75. The van der Waals surface area contributed by atoms with Gasteiger partial charge in [-0.3, -0.25) is 0 Å². The van der Waals surface area contributed by atoms with Crippen LogP contribution in [0.5, 0.6) is 0 Å². The Hall–Kier alpha value is -0.820. The van der Waals surface area contributed by atoms with Gasteiger partial charge in [-0.05, 0) is 42.6 Å². The summed E-state index contributed by atoms with van der Waals surface area (Å²) in [6.07, 6.45) is 3.48. The Labute approximate surface area is 84.8 Å². The number of aliphatic hydroxyl groups is 1. The van der Waals surface area contributed by atoms with Gasteiger partial charge in [0.15, 0.2) is 0 Å². The largest absolute Gasteiger partial charge is 0.393 e. The quantitative estimate of drug-likeness (QED) is 0.754. The molecular formula is C13H16O. The Morgan fingerprint density at radius 2 is 1.93 bits per heavy atom. The van der Waals surface area contributed by atoms with Gasteiger partial charge in [-0.1, -0.05) is 30.3 Å². The van der Waals surface area contributed by atoms with Crippen molar-refractivity contribution in [3.8, 4) is 0 Å². The van der Waals surface area contributed by atoms with Gasteiger partial charge in [-0.15, -0.1) is 0 Å². The number of hydrogen-bond acceptors (Lipinski definition) is 1. The van der Waals surface area contributed by atoms with Crippen molar-refractivity contribution in [2.24, 2.45) is 17.8 Å². The van der Waals surface area contributed by atoms with Gasteiger partial charge in [0.05, 0.1) is 6.10 Å². The molecule has 1 unspecified atom stereocenters. The second-order valence-corrected chi connectivity index (χ2v) is 4.74. The standard InChI is InChI=1S/C13H16O/c14-12-7-6-10-11(13(10)12)8-9-4-2-1-3-5-9/h1-5,10-14H,6-8H2/t10-,11-,12?,13-/m0/s1. The Morgan fingerprint density at radius 1 is 1.14 bits per heavy atom. The summed E-state index contributed by atoms with van der Waals surface area (Å²) >= 11 is 0. The molecule has 2 aliphatic rings. The van der Waals surface area contributed by atoms with Crippen molar-refractivity contribution in [1.82, 2.24) is 0 Å². The van der Waals surface area contributed by atoms with Gasteiger partial charge in [0, 0.05) is 0 Å². The lowest BCUT2D eigenvalue weighted by atomic mass is 10.0. The van der Waals surface area contributed by atoms with E-state index in [2.05, 4.69) is 30.3 Å². The Morgan fingerprint density at radius 3 is 2.57 bits per heavy atom. The molecule has 2 aliphatic carbocycles. The van der Waals surface area contributed by atoms with E-state index >= 15 is 0 Å². The minimum absolute atomic E-state index is 0.00807. The van der Waals surface area contributed by atoms with Crippen LogP contribution >= 0.6 is 0 Å². The van der Waals surface area contributed by atoms with Crippen LogP contribution in [-0.2, 0) is 6.42 Å². The summed E-state index contributed by atoms with van der Waals surface area (Å²) in [6, 6.07) is 10.7. The van der Waals surface area contributed by atoms with E-state index in [0.29, 0.717) is 5.92 Å². The van der Waals surface area contributed by atoms with Gasteiger partial charge in [0.25, 0.3) is 0 Å². The summed E-state index contributed by atoms with van der Waals surface area (Å²) in [4.78, 5) is 0. The summed E-state index contributed by atoms with van der Waals surface area (Å²) in [5.41, 5.74) is 1.43. The lowest BCUT2D eigenvalue weighted by Gasteiger charge is -2.07. The third kappa shape index (κ3) is 1.27. The predicted molar refractivity (Wildman–Crippen MR) is 55.9 cm³/mol. The molecule has 0 aromatic heterocycles. The van der Waals surface area contributed by atoms with Crippen LogP contribution < -0.4 is 0 Å². The van der Waals surface area contributed by atoms with Crippen molar-refractivity contribution < 1.29 is 5.11 Å². The highest BCUT2D eigenvalue weighted by atomic mass is 16.3. The predicted octanol–water partition coefficient (Wildman–Crippen LogP) is 2.25. The average molecular weight is 188 g/mol. The van der Waals surface area contributed by atoms with Crippen molar-refractivity contribution in [3.63, 3.8) is 0 Å². The first-order valence-corrected chi connectivity index (χ1v) is 5.58. The number of benzene rings is 1. The van der Waals surface area contributed by atoms with Crippen LogP contribution in [0.1, 0.15) is 18.4 Å². The maximum Gasteiger partial charge on any atom is 0.0574 e. The topological polar surface area (TPSA) is 20.2 Å². The molecule has 14 heavy (non-hydrogen) atoms.